The van der Waals surface area contributed by atoms with Crippen molar-refractivity contribution in [2.45, 2.75) is 17.4 Å². The summed E-state index contributed by atoms with van der Waals surface area (Å²) in [6.45, 7) is 0.171. The molecule has 0 aliphatic heterocycles. The number of nitrogens with one attached hydrogen (secondary N) is 1. The number of aliphatic hydroxyl groups is 1. The fourth-order valence-corrected chi connectivity index (χ4v) is 2.80. The van der Waals surface area contributed by atoms with Crippen molar-refractivity contribution >= 4 is 17.7 Å². The number of hydrogen-bond acceptors (Lipinski definition) is 5. The molecule has 0 aromatic heterocycles. The summed E-state index contributed by atoms with van der Waals surface area (Å²) in [5.41, 5.74) is 1.60. The van der Waals surface area contributed by atoms with Crippen molar-refractivity contribution in [1.29, 1.82) is 0 Å². The van der Waals surface area contributed by atoms with Crippen LogP contribution in [0.1, 0.15) is 17.2 Å². The van der Waals surface area contributed by atoms with Gasteiger partial charge in [-0.15, -0.1) is 11.8 Å². The molecule has 2 rings (SSSR count). The average Bonchev–Trinajstić information content (AvgIpc) is 2.66. The Bertz CT molecular complexity index is 703. The molecule has 0 bridgehead atoms. The summed E-state index contributed by atoms with van der Waals surface area (Å²) in [5.74, 6) is 1.05. The third-order valence-electron chi connectivity index (χ3n) is 3.81. The van der Waals surface area contributed by atoms with E-state index in [0.29, 0.717) is 11.5 Å². The highest BCUT2D eigenvalue weighted by molar-refractivity contribution is 7.98. The summed E-state index contributed by atoms with van der Waals surface area (Å²) in [4.78, 5) is 13.2. The Morgan fingerprint density at radius 2 is 1.80 bits per heavy atom. The van der Waals surface area contributed by atoms with Crippen LogP contribution in [0.3, 0.4) is 0 Å². The SMILES string of the molecule is COc1ccc(CC(=O)NCC(O)c2ccc(SC)cc2)cc1OC. The number of benzene rings is 2. The van der Waals surface area contributed by atoms with Crippen LogP contribution in [-0.2, 0) is 11.2 Å². The van der Waals surface area contributed by atoms with Gasteiger partial charge in [-0.3, -0.25) is 4.79 Å². The Morgan fingerprint density at radius 3 is 2.40 bits per heavy atom. The van der Waals surface area contributed by atoms with Crippen LogP contribution in [0.4, 0.5) is 0 Å². The van der Waals surface area contributed by atoms with Gasteiger partial charge in [0.25, 0.3) is 0 Å². The third-order valence-corrected chi connectivity index (χ3v) is 4.55. The second-order valence-electron chi connectivity index (χ2n) is 5.46. The van der Waals surface area contributed by atoms with E-state index in [1.54, 1.807) is 38.1 Å². The second-order valence-corrected chi connectivity index (χ2v) is 6.34. The van der Waals surface area contributed by atoms with Gasteiger partial charge in [0.1, 0.15) is 0 Å². The number of methoxy groups -OCH3 is 2. The summed E-state index contributed by atoms with van der Waals surface area (Å²) in [7, 11) is 3.12. The predicted molar refractivity (Wildman–Crippen MR) is 99.4 cm³/mol. The van der Waals surface area contributed by atoms with Gasteiger partial charge in [-0.2, -0.15) is 0 Å². The van der Waals surface area contributed by atoms with Crippen LogP contribution >= 0.6 is 11.8 Å². The molecule has 2 aromatic rings. The minimum Gasteiger partial charge on any atom is -0.493 e. The minimum atomic E-state index is -0.731. The van der Waals surface area contributed by atoms with Crippen molar-refractivity contribution in [2.24, 2.45) is 0 Å². The average molecular weight is 361 g/mol. The van der Waals surface area contributed by atoms with E-state index < -0.39 is 6.10 Å². The van der Waals surface area contributed by atoms with E-state index >= 15 is 0 Å². The standard InChI is InChI=1S/C19H23NO4S/c1-23-17-9-4-13(10-18(17)24-2)11-19(22)20-12-16(21)14-5-7-15(25-3)8-6-14/h4-10,16,21H,11-12H2,1-3H3,(H,20,22). The Balaban J connectivity index is 1.89. The van der Waals surface area contributed by atoms with Crippen molar-refractivity contribution in [3.05, 3.63) is 53.6 Å². The molecule has 0 aliphatic carbocycles. The highest BCUT2D eigenvalue weighted by atomic mass is 32.2. The second kappa shape index (κ2) is 9.34. The first-order chi connectivity index (χ1) is 12.1. The van der Waals surface area contributed by atoms with Crippen molar-refractivity contribution in [3.8, 4) is 11.5 Å². The zero-order valence-corrected chi connectivity index (χ0v) is 15.4. The molecule has 0 saturated heterocycles. The van der Waals surface area contributed by atoms with Crippen molar-refractivity contribution in [1.82, 2.24) is 5.32 Å². The van der Waals surface area contributed by atoms with Crippen LogP contribution in [0, 0.1) is 0 Å². The fourth-order valence-electron chi connectivity index (χ4n) is 2.39. The van der Waals surface area contributed by atoms with E-state index in [1.165, 1.54) is 0 Å². The fraction of sp³-hybridized carbons (Fsp3) is 0.316. The van der Waals surface area contributed by atoms with E-state index in [1.807, 2.05) is 36.6 Å². The lowest BCUT2D eigenvalue weighted by atomic mass is 10.1. The Kier molecular flexibility index (Phi) is 7.16. The molecule has 1 atom stereocenters. The van der Waals surface area contributed by atoms with Gasteiger partial charge in [0.05, 0.1) is 26.7 Å². The van der Waals surface area contributed by atoms with Gasteiger partial charge >= 0.3 is 0 Å². The first kappa shape index (κ1) is 19.1. The van der Waals surface area contributed by atoms with Crippen molar-refractivity contribution in [3.63, 3.8) is 0 Å². The summed E-state index contributed by atoms with van der Waals surface area (Å²) in [6.07, 6.45) is 1.48. The number of amides is 1. The molecule has 0 heterocycles. The Labute approximate surface area is 152 Å². The maximum atomic E-state index is 12.1. The molecule has 1 unspecified atom stereocenters. The largest absolute Gasteiger partial charge is 0.493 e. The molecule has 0 spiro atoms. The summed E-state index contributed by atoms with van der Waals surface area (Å²) in [5, 5.41) is 12.9. The molecule has 0 aliphatic rings. The minimum absolute atomic E-state index is 0.160. The molecule has 0 fully saturated rings. The number of carbonyl (C=O) groups excluding carboxylic acids is 1. The number of thioether (sulfide) groups is 1. The maximum absolute atomic E-state index is 12.1. The Morgan fingerprint density at radius 1 is 1.12 bits per heavy atom. The molecular formula is C19H23NO4S. The molecular weight excluding hydrogens is 338 g/mol. The van der Waals surface area contributed by atoms with Crippen LogP contribution in [0.5, 0.6) is 11.5 Å². The number of hydrogen-bond donors (Lipinski definition) is 2. The smallest absolute Gasteiger partial charge is 0.224 e. The topological polar surface area (TPSA) is 67.8 Å². The molecule has 2 aromatic carbocycles. The molecule has 5 nitrogen and oxygen atoms in total. The van der Waals surface area contributed by atoms with Crippen LogP contribution in [0.15, 0.2) is 47.4 Å². The quantitative estimate of drug-likeness (QED) is 0.708. The van der Waals surface area contributed by atoms with Gasteiger partial charge in [0, 0.05) is 11.4 Å². The predicted octanol–water partition coefficient (Wildman–Crippen LogP) is 2.82. The van der Waals surface area contributed by atoms with Gasteiger partial charge in [-0.05, 0) is 41.6 Å². The molecule has 0 saturated carbocycles. The number of aliphatic hydroxyl groups excluding tert-OH is 1. The van der Waals surface area contributed by atoms with E-state index in [0.717, 1.165) is 16.0 Å². The third kappa shape index (κ3) is 5.41. The van der Waals surface area contributed by atoms with Crippen LogP contribution < -0.4 is 14.8 Å². The number of carbonyl (C=O) groups is 1. The highest BCUT2D eigenvalue weighted by Gasteiger charge is 2.11. The monoisotopic (exact) mass is 361 g/mol. The molecule has 2 N–H and O–H groups in total. The van der Waals surface area contributed by atoms with Gasteiger partial charge in [-0.1, -0.05) is 18.2 Å². The van der Waals surface area contributed by atoms with Gasteiger partial charge in [0.15, 0.2) is 11.5 Å². The van der Waals surface area contributed by atoms with Crippen LogP contribution in [0.2, 0.25) is 0 Å². The van der Waals surface area contributed by atoms with Gasteiger partial charge < -0.3 is 19.9 Å². The van der Waals surface area contributed by atoms with Crippen LogP contribution in [0.25, 0.3) is 0 Å². The van der Waals surface area contributed by atoms with E-state index in [-0.39, 0.29) is 18.9 Å². The molecule has 6 heteroatoms. The summed E-state index contributed by atoms with van der Waals surface area (Å²) >= 11 is 1.64. The molecule has 1 amide bonds. The lowest BCUT2D eigenvalue weighted by Gasteiger charge is -2.13. The Hall–Kier alpha value is -2.18. The maximum Gasteiger partial charge on any atom is 0.224 e. The summed E-state index contributed by atoms with van der Waals surface area (Å²) in [6, 6.07) is 13.0. The van der Waals surface area contributed by atoms with E-state index in [9.17, 15) is 9.90 Å². The van der Waals surface area contributed by atoms with Crippen molar-refractivity contribution in [2.75, 3.05) is 27.0 Å². The lowest BCUT2D eigenvalue weighted by molar-refractivity contribution is -0.120. The molecule has 134 valence electrons. The van der Waals surface area contributed by atoms with Crippen molar-refractivity contribution < 1.29 is 19.4 Å². The zero-order valence-electron chi connectivity index (χ0n) is 14.6. The van der Waals surface area contributed by atoms with Crippen LogP contribution in [-0.4, -0.2) is 38.0 Å². The first-order valence-electron chi connectivity index (χ1n) is 7.87. The van der Waals surface area contributed by atoms with E-state index in [2.05, 4.69) is 5.32 Å². The van der Waals surface area contributed by atoms with E-state index in [4.69, 9.17) is 9.47 Å². The highest BCUT2D eigenvalue weighted by Crippen LogP contribution is 2.27. The molecule has 25 heavy (non-hydrogen) atoms. The number of rotatable bonds is 8. The van der Waals surface area contributed by atoms with Gasteiger partial charge in [-0.25, -0.2) is 0 Å². The van der Waals surface area contributed by atoms with Gasteiger partial charge in [0.2, 0.25) is 5.91 Å². The molecule has 0 radical (unpaired) electrons. The normalized spacial score (nSPS) is 11.7. The zero-order chi connectivity index (χ0) is 18.2. The number of ether oxygens (including phenoxy) is 2. The summed E-state index contributed by atoms with van der Waals surface area (Å²) < 4.78 is 10.4. The first-order valence-corrected chi connectivity index (χ1v) is 9.09. The lowest BCUT2D eigenvalue weighted by Crippen LogP contribution is -2.29.